The predicted octanol–water partition coefficient (Wildman–Crippen LogP) is 6.96. The number of nitrogens with one attached hydrogen (secondary N) is 4. The highest BCUT2D eigenvalue weighted by atomic mass is 16.4. The second kappa shape index (κ2) is 45.7. The Bertz CT molecular complexity index is 2190. The molecule has 4 aromatic rings. The second-order valence-electron chi connectivity index (χ2n) is 23.8. The topological polar surface area (TPSA) is 356 Å². The third-order valence-electron chi connectivity index (χ3n) is 13.6. The number of anilines is 2. The maximum atomic E-state index is 9.64. The summed E-state index contributed by atoms with van der Waals surface area (Å²) in [5.74, 6) is -1.68. The van der Waals surface area contributed by atoms with Gasteiger partial charge in [0.05, 0.1) is 60.6 Å². The number of carboxylic acid groups (broad SMARTS) is 6. The molecule has 2 aliphatic rings. The summed E-state index contributed by atoms with van der Waals surface area (Å²) in [6.07, 6.45) is 3.11. The summed E-state index contributed by atoms with van der Waals surface area (Å²) in [4.78, 5) is 89.6. The molecule has 2 aliphatic heterocycles. The van der Waals surface area contributed by atoms with Gasteiger partial charge in [0.2, 0.25) is 11.9 Å². The summed E-state index contributed by atoms with van der Waals surface area (Å²) in [6.45, 7) is 42.5. The van der Waals surface area contributed by atoms with Gasteiger partial charge in [0.1, 0.15) is 0 Å². The summed E-state index contributed by atoms with van der Waals surface area (Å²) in [5.41, 5.74) is 4.24. The first-order valence-electron chi connectivity index (χ1n) is 30.9. The van der Waals surface area contributed by atoms with Crippen molar-refractivity contribution in [2.45, 2.75) is 120 Å². The first-order chi connectivity index (χ1) is 40.9. The minimum Gasteiger partial charge on any atom is -0.481 e. The van der Waals surface area contributed by atoms with Crippen LogP contribution >= 0.6 is 0 Å². The summed E-state index contributed by atoms with van der Waals surface area (Å²) in [7, 11) is 0. The molecular formula is C62H108N12O13. The van der Waals surface area contributed by atoms with Gasteiger partial charge in [-0.05, 0) is 113 Å². The molecule has 25 heteroatoms. The zero-order valence-corrected chi connectivity index (χ0v) is 53.4. The van der Waals surface area contributed by atoms with Gasteiger partial charge in [-0.15, -0.1) is 0 Å². The number of aliphatic carboxylic acids is 6. The minimum absolute atomic E-state index is 0. The fourth-order valence-electron chi connectivity index (χ4n) is 9.82. The molecule has 0 bridgehead atoms. The quantitative estimate of drug-likeness (QED) is 0.0208. The average molecular weight is 1230 g/mol. The molecule has 2 aromatic heterocycles. The standard InChI is InChI=1S/2C25H44N6.3C4H6O4.H2O/c2*1-21(2)19-31(20-22(3)4)14-8-13-30-17-15-29(16-18-30)12-7-11-26-25-27-23-9-5-6-10-24(23)28-25;3*5-3(6)1-2-4(7)8;/h2*5-6,9-10,21-22H,7-8,11-20H2,1-4H3,(H2,26,27,28);3*1-2H2,(H,5,6)(H,7,8);1H2. The van der Waals surface area contributed by atoms with Crippen LogP contribution in [0, 0.1) is 23.7 Å². The van der Waals surface area contributed by atoms with Gasteiger partial charge < -0.3 is 86.1 Å². The molecule has 0 aliphatic carbocycles. The molecule has 0 spiro atoms. The second-order valence-corrected chi connectivity index (χ2v) is 23.8. The highest BCUT2D eigenvalue weighted by Crippen LogP contribution is 2.16. The van der Waals surface area contributed by atoms with Gasteiger partial charge in [-0.2, -0.15) is 0 Å². The van der Waals surface area contributed by atoms with Crippen LogP contribution in [-0.2, 0) is 28.8 Å². The van der Waals surface area contributed by atoms with Crippen molar-refractivity contribution >= 4 is 69.8 Å². The Morgan fingerprint density at radius 3 is 0.897 bits per heavy atom. The fourth-order valence-corrected chi connectivity index (χ4v) is 9.82. The third-order valence-corrected chi connectivity index (χ3v) is 13.6. The normalized spacial score (nSPS) is 13.9. The van der Waals surface area contributed by atoms with Gasteiger partial charge in [-0.25, -0.2) is 9.97 Å². The van der Waals surface area contributed by atoms with Crippen molar-refractivity contribution in [1.29, 1.82) is 0 Å². The number of hydrogen-bond acceptors (Lipinski definition) is 16. The fraction of sp³-hybridized carbons (Fsp3) is 0.677. The van der Waals surface area contributed by atoms with E-state index in [1.54, 1.807) is 0 Å². The number of H-pyrrole nitrogens is 2. The number of benzene rings is 2. The van der Waals surface area contributed by atoms with Crippen molar-refractivity contribution in [3.63, 3.8) is 0 Å². The monoisotopic (exact) mass is 1230 g/mol. The van der Waals surface area contributed by atoms with E-state index in [1.165, 1.54) is 118 Å². The molecule has 4 heterocycles. The van der Waals surface area contributed by atoms with Crippen LogP contribution in [0.4, 0.5) is 11.9 Å². The maximum Gasteiger partial charge on any atom is 0.303 e. The van der Waals surface area contributed by atoms with Crippen molar-refractivity contribution in [1.82, 2.24) is 49.3 Å². The van der Waals surface area contributed by atoms with Gasteiger partial charge in [0, 0.05) is 91.6 Å². The molecule has 6 rings (SSSR count). The highest BCUT2D eigenvalue weighted by molar-refractivity contribution is 5.78. The Labute approximate surface area is 515 Å². The molecule has 2 saturated heterocycles. The minimum atomic E-state index is -1.08. The van der Waals surface area contributed by atoms with Gasteiger partial charge in [-0.3, -0.25) is 28.8 Å². The maximum absolute atomic E-state index is 9.64. The number of carboxylic acids is 6. The average Bonchev–Trinajstić information content (AvgIpc) is 2.25. The van der Waals surface area contributed by atoms with Crippen LogP contribution < -0.4 is 10.6 Å². The molecule has 0 atom stereocenters. The van der Waals surface area contributed by atoms with E-state index in [9.17, 15) is 28.8 Å². The van der Waals surface area contributed by atoms with Crippen molar-refractivity contribution in [2.75, 3.05) is 142 Å². The van der Waals surface area contributed by atoms with E-state index in [4.69, 9.17) is 30.6 Å². The Balaban J connectivity index is 0.000000628. The van der Waals surface area contributed by atoms with E-state index in [0.717, 1.165) is 96.7 Å². The van der Waals surface area contributed by atoms with Gasteiger partial charge in [0.15, 0.2) is 0 Å². The lowest BCUT2D eigenvalue weighted by Crippen LogP contribution is -2.47. The van der Waals surface area contributed by atoms with E-state index in [0.29, 0.717) is 0 Å². The SMILES string of the molecule is CC(C)CN(CCCN1CCN(CCCNc2nc3ccccc3[nH]2)CC1)CC(C)C.CC(C)CN(CCCN1CCN(CCCNc2nc3ccccc3[nH]2)CC1)CC(C)C.O.O=C(O)CCC(=O)O.O=C(O)CCC(=O)O.O=C(O)CCC(=O)O. The smallest absolute Gasteiger partial charge is 0.303 e. The summed E-state index contributed by atoms with van der Waals surface area (Å²) >= 11 is 0. The summed E-state index contributed by atoms with van der Waals surface area (Å²) in [5, 5.41) is 54.3. The zero-order valence-electron chi connectivity index (χ0n) is 53.4. The first kappa shape index (κ1) is 78.5. The molecule has 25 nitrogen and oxygen atoms in total. The molecule has 0 unspecified atom stereocenters. The van der Waals surface area contributed by atoms with E-state index >= 15 is 0 Å². The molecule has 87 heavy (non-hydrogen) atoms. The van der Waals surface area contributed by atoms with Crippen LogP contribution in [0.2, 0.25) is 0 Å². The Morgan fingerprint density at radius 1 is 0.425 bits per heavy atom. The molecule has 0 amide bonds. The van der Waals surface area contributed by atoms with Gasteiger partial charge in [-0.1, -0.05) is 79.7 Å². The van der Waals surface area contributed by atoms with E-state index in [2.05, 4.69) is 127 Å². The highest BCUT2D eigenvalue weighted by Gasteiger charge is 2.19. The number of imidazole rings is 2. The molecule has 12 N–H and O–H groups in total. The Kier molecular flexibility index (Phi) is 41.3. The first-order valence-corrected chi connectivity index (χ1v) is 30.9. The number of rotatable bonds is 35. The van der Waals surface area contributed by atoms with Crippen molar-refractivity contribution in [3.05, 3.63) is 48.5 Å². The van der Waals surface area contributed by atoms with E-state index in [1.807, 2.05) is 36.4 Å². The lowest BCUT2D eigenvalue weighted by molar-refractivity contribution is -0.143. The molecule has 2 fully saturated rings. The Morgan fingerprint density at radius 2 is 0.667 bits per heavy atom. The number of nitrogens with zero attached hydrogens (tertiary/aromatic N) is 8. The van der Waals surface area contributed by atoms with Crippen LogP contribution in [0.15, 0.2) is 48.5 Å². The number of aromatic nitrogens is 4. The van der Waals surface area contributed by atoms with Gasteiger partial charge in [0.25, 0.3) is 0 Å². The van der Waals surface area contributed by atoms with Crippen LogP contribution in [0.1, 0.15) is 120 Å². The number of aromatic amines is 2. The number of para-hydroxylation sites is 4. The van der Waals surface area contributed by atoms with Crippen molar-refractivity contribution in [2.24, 2.45) is 23.7 Å². The predicted molar refractivity (Wildman–Crippen MR) is 343 cm³/mol. The summed E-state index contributed by atoms with van der Waals surface area (Å²) < 4.78 is 0. The lowest BCUT2D eigenvalue weighted by atomic mass is 10.1. The molecule has 0 saturated carbocycles. The van der Waals surface area contributed by atoms with Crippen LogP contribution in [-0.4, -0.2) is 252 Å². The molecule has 0 radical (unpaired) electrons. The van der Waals surface area contributed by atoms with Crippen LogP contribution in [0.5, 0.6) is 0 Å². The van der Waals surface area contributed by atoms with E-state index in [-0.39, 0.29) is 44.0 Å². The van der Waals surface area contributed by atoms with Crippen molar-refractivity contribution in [3.8, 4) is 0 Å². The third kappa shape index (κ3) is 40.6. The number of carbonyl (C=O) groups is 6. The Hall–Kier alpha value is -6.48. The zero-order chi connectivity index (χ0) is 63.8. The van der Waals surface area contributed by atoms with Crippen LogP contribution in [0.25, 0.3) is 22.1 Å². The largest absolute Gasteiger partial charge is 0.481 e. The number of fused-ring (bicyclic) bond motifs is 2. The summed E-state index contributed by atoms with van der Waals surface area (Å²) in [6, 6.07) is 16.4. The lowest BCUT2D eigenvalue weighted by Gasteiger charge is -2.35. The van der Waals surface area contributed by atoms with E-state index < -0.39 is 35.8 Å². The molecule has 2 aromatic carbocycles. The van der Waals surface area contributed by atoms with Crippen LogP contribution in [0.3, 0.4) is 0 Å². The molecule has 494 valence electrons. The van der Waals surface area contributed by atoms with Crippen molar-refractivity contribution < 1.29 is 64.9 Å². The number of piperazine rings is 2. The number of hydrogen-bond donors (Lipinski definition) is 10. The molecular weight excluding hydrogens is 1120 g/mol. The van der Waals surface area contributed by atoms with Gasteiger partial charge >= 0.3 is 35.8 Å².